The van der Waals surface area contributed by atoms with E-state index in [1.165, 1.54) is 11.3 Å². The van der Waals surface area contributed by atoms with E-state index in [0.29, 0.717) is 12.1 Å². The van der Waals surface area contributed by atoms with Gasteiger partial charge < -0.3 is 10.4 Å². The van der Waals surface area contributed by atoms with Gasteiger partial charge in [0.1, 0.15) is 0 Å². The number of rotatable bonds is 5. The van der Waals surface area contributed by atoms with Crippen LogP contribution in [0.2, 0.25) is 0 Å². The highest BCUT2D eigenvalue weighted by Crippen LogP contribution is 2.19. The van der Waals surface area contributed by atoms with Gasteiger partial charge in [-0.2, -0.15) is 0 Å². The minimum Gasteiger partial charge on any atom is -0.481 e. The Bertz CT molecular complexity index is 609. The van der Waals surface area contributed by atoms with Gasteiger partial charge >= 0.3 is 5.97 Å². The van der Waals surface area contributed by atoms with Crippen LogP contribution in [0.4, 0.5) is 0 Å². The number of carboxylic acid groups (broad SMARTS) is 1. The van der Waals surface area contributed by atoms with E-state index in [9.17, 15) is 9.59 Å². The van der Waals surface area contributed by atoms with E-state index in [-0.39, 0.29) is 18.2 Å². The number of hydrogen-bond acceptors (Lipinski definition) is 4. The maximum Gasteiger partial charge on any atom is 0.303 e. The molecule has 100 valence electrons. The lowest BCUT2D eigenvalue weighted by Gasteiger charge is -2.10. The molecule has 0 saturated heterocycles. The molecule has 1 aromatic carbocycles. The topological polar surface area (TPSA) is 79.3 Å². The third kappa shape index (κ3) is 3.51. The van der Waals surface area contributed by atoms with Crippen molar-refractivity contribution in [2.45, 2.75) is 13.3 Å². The summed E-state index contributed by atoms with van der Waals surface area (Å²) in [6.45, 7) is 2.15. The number of carbonyl (C=O) groups excluding carboxylic acids is 1. The Morgan fingerprint density at radius 1 is 1.47 bits per heavy atom. The Kier molecular flexibility index (Phi) is 4.11. The van der Waals surface area contributed by atoms with Crippen molar-refractivity contribution < 1.29 is 14.7 Å². The largest absolute Gasteiger partial charge is 0.481 e. The van der Waals surface area contributed by atoms with Crippen molar-refractivity contribution in [3.05, 3.63) is 29.3 Å². The Hall–Kier alpha value is -1.95. The Balaban J connectivity index is 1.97. The predicted molar refractivity (Wildman–Crippen MR) is 73.4 cm³/mol. The minimum atomic E-state index is -0.854. The summed E-state index contributed by atoms with van der Waals surface area (Å²) < 4.78 is 0.964. The molecule has 1 heterocycles. The van der Waals surface area contributed by atoms with Crippen molar-refractivity contribution in [2.24, 2.45) is 5.92 Å². The fourth-order valence-corrected chi connectivity index (χ4v) is 2.45. The summed E-state index contributed by atoms with van der Waals surface area (Å²) >= 11 is 1.48. The van der Waals surface area contributed by atoms with Crippen molar-refractivity contribution >= 4 is 33.4 Å². The second-order valence-corrected chi connectivity index (χ2v) is 5.33. The highest BCUT2D eigenvalue weighted by molar-refractivity contribution is 7.16. The minimum absolute atomic E-state index is 0.0498. The molecule has 0 bridgehead atoms. The molecule has 0 radical (unpaired) electrons. The molecule has 0 aliphatic rings. The van der Waals surface area contributed by atoms with Gasteiger partial charge in [0.15, 0.2) is 0 Å². The zero-order valence-corrected chi connectivity index (χ0v) is 11.2. The lowest BCUT2D eigenvalue weighted by Crippen LogP contribution is -2.29. The number of nitrogens with one attached hydrogen (secondary N) is 1. The van der Waals surface area contributed by atoms with Crippen LogP contribution in [0.5, 0.6) is 0 Å². The number of aromatic nitrogens is 1. The first-order chi connectivity index (χ1) is 9.06. The molecule has 0 aliphatic heterocycles. The summed E-state index contributed by atoms with van der Waals surface area (Å²) in [6.07, 6.45) is 0.0498. The quantitative estimate of drug-likeness (QED) is 0.878. The van der Waals surface area contributed by atoms with Gasteiger partial charge in [-0.3, -0.25) is 9.59 Å². The smallest absolute Gasteiger partial charge is 0.303 e. The second kappa shape index (κ2) is 5.79. The Morgan fingerprint density at radius 2 is 2.26 bits per heavy atom. The third-order valence-electron chi connectivity index (χ3n) is 2.73. The van der Waals surface area contributed by atoms with Gasteiger partial charge in [-0.1, -0.05) is 6.92 Å². The molecule has 1 aromatic heterocycles. The van der Waals surface area contributed by atoms with Crippen LogP contribution in [0, 0.1) is 5.92 Å². The molecule has 0 fully saturated rings. The summed E-state index contributed by atoms with van der Waals surface area (Å²) in [7, 11) is 0. The molecular formula is C13H14N2O3S. The van der Waals surface area contributed by atoms with Crippen LogP contribution >= 0.6 is 11.3 Å². The second-order valence-electron chi connectivity index (χ2n) is 4.45. The molecule has 1 amide bonds. The fourth-order valence-electron chi connectivity index (χ4n) is 1.74. The summed E-state index contributed by atoms with van der Waals surface area (Å²) in [4.78, 5) is 26.6. The van der Waals surface area contributed by atoms with E-state index in [1.807, 2.05) is 0 Å². The standard InChI is InChI=1S/C13H14N2O3S/c1-8(4-12(16)17)6-14-13(18)9-2-3-10-11(5-9)19-7-15-10/h2-3,5,7-8H,4,6H2,1H3,(H,14,18)(H,16,17). The summed E-state index contributed by atoms with van der Waals surface area (Å²) in [5.74, 6) is -1.13. The number of nitrogens with zero attached hydrogens (tertiary/aromatic N) is 1. The molecule has 0 saturated carbocycles. The molecule has 1 atom stereocenters. The van der Waals surface area contributed by atoms with Gasteiger partial charge in [0.2, 0.25) is 0 Å². The van der Waals surface area contributed by atoms with Crippen molar-refractivity contribution in [3.8, 4) is 0 Å². The lowest BCUT2D eigenvalue weighted by molar-refractivity contribution is -0.137. The number of benzene rings is 1. The predicted octanol–water partition coefficient (Wildman–Crippen LogP) is 2.14. The number of hydrogen-bond donors (Lipinski definition) is 2. The van der Waals surface area contributed by atoms with Gasteiger partial charge in [0, 0.05) is 18.5 Å². The zero-order chi connectivity index (χ0) is 13.8. The fraction of sp³-hybridized carbons (Fsp3) is 0.308. The lowest BCUT2D eigenvalue weighted by atomic mass is 10.1. The normalized spacial score (nSPS) is 12.3. The van der Waals surface area contributed by atoms with Gasteiger partial charge in [-0.05, 0) is 24.1 Å². The molecular weight excluding hydrogens is 264 g/mol. The highest BCUT2D eigenvalue weighted by atomic mass is 32.1. The van der Waals surface area contributed by atoms with E-state index >= 15 is 0 Å². The van der Waals surface area contributed by atoms with Crippen molar-refractivity contribution in [2.75, 3.05) is 6.54 Å². The van der Waals surface area contributed by atoms with Gasteiger partial charge in [0.05, 0.1) is 15.7 Å². The van der Waals surface area contributed by atoms with Crippen LogP contribution in [-0.4, -0.2) is 28.5 Å². The molecule has 5 nitrogen and oxygen atoms in total. The van der Waals surface area contributed by atoms with Crippen LogP contribution in [-0.2, 0) is 4.79 Å². The first-order valence-corrected chi connectivity index (χ1v) is 6.77. The van der Waals surface area contributed by atoms with E-state index in [1.54, 1.807) is 30.6 Å². The average Bonchev–Trinajstić information content (AvgIpc) is 2.82. The van der Waals surface area contributed by atoms with Crippen molar-refractivity contribution in [1.29, 1.82) is 0 Å². The molecule has 6 heteroatoms. The third-order valence-corrected chi connectivity index (χ3v) is 3.52. The maximum atomic E-state index is 11.9. The first-order valence-electron chi connectivity index (χ1n) is 5.89. The summed E-state index contributed by atoms with van der Waals surface area (Å²) in [6, 6.07) is 5.32. The van der Waals surface area contributed by atoms with Crippen molar-refractivity contribution in [3.63, 3.8) is 0 Å². The van der Waals surface area contributed by atoms with Crippen LogP contribution in [0.3, 0.4) is 0 Å². The van der Waals surface area contributed by atoms with Crippen LogP contribution in [0.25, 0.3) is 10.2 Å². The van der Waals surface area contributed by atoms with E-state index in [0.717, 1.165) is 10.2 Å². The van der Waals surface area contributed by atoms with Crippen LogP contribution in [0.15, 0.2) is 23.7 Å². The molecule has 2 rings (SSSR count). The number of carboxylic acids is 1. The Morgan fingerprint density at radius 3 is 3.00 bits per heavy atom. The zero-order valence-electron chi connectivity index (χ0n) is 10.4. The molecule has 0 aliphatic carbocycles. The number of fused-ring (bicyclic) bond motifs is 1. The number of thiazole rings is 1. The number of carbonyl (C=O) groups is 2. The van der Waals surface area contributed by atoms with Crippen molar-refractivity contribution in [1.82, 2.24) is 10.3 Å². The molecule has 0 spiro atoms. The van der Waals surface area contributed by atoms with Gasteiger partial charge in [-0.15, -0.1) is 11.3 Å². The van der Waals surface area contributed by atoms with Gasteiger partial charge in [0.25, 0.3) is 5.91 Å². The average molecular weight is 278 g/mol. The monoisotopic (exact) mass is 278 g/mol. The molecule has 2 N–H and O–H groups in total. The van der Waals surface area contributed by atoms with E-state index in [4.69, 9.17) is 5.11 Å². The SMILES string of the molecule is CC(CNC(=O)c1ccc2ncsc2c1)CC(=O)O. The molecule has 2 aromatic rings. The number of amides is 1. The summed E-state index contributed by atoms with van der Waals surface area (Å²) in [5.41, 5.74) is 3.18. The molecule has 1 unspecified atom stereocenters. The van der Waals surface area contributed by atoms with Gasteiger partial charge in [-0.25, -0.2) is 4.98 Å². The van der Waals surface area contributed by atoms with E-state index < -0.39 is 5.97 Å². The maximum absolute atomic E-state index is 11.9. The first kappa shape index (κ1) is 13.5. The van der Waals surface area contributed by atoms with Crippen LogP contribution in [0.1, 0.15) is 23.7 Å². The van der Waals surface area contributed by atoms with Crippen LogP contribution < -0.4 is 5.32 Å². The Labute approximate surface area is 114 Å². The highest BCUT2D eigenvalue weighted by Gasteiger charge is 2.11. The summed E-state index contributed by atoms with van der Waals surface area (Å²) in [5, 5.41) is 11.4. The number of aliphatic carboxylic acids is 1. The molecule has 19 heavy (non-hydrogen) atoms. The van der Waals surface area contributed by atoms with E-state index in [2.05, 4.69) is 10.3 Å².